The molecule has 18 heavy (non-hydrogen) atoms. The van der Waals surface area contributed by atoms with Crippen molar-refractivity contribution in [1.29, 1.82) is 0 Å². The van der Waals surface area contributed by atoms with Crippen LogP contribution in [0.3, 0.4) is 0 Å². The zero-order chi connectivity index (χ0) is 13.3. The Morgan fingerprint density at radius 3 is 2.50 bits per heavy atom. The van der Waals surface area contributed by atoms with Crippen LogP contribution in [0.4, 0.5) is 25.8 Å². The van der Waals surface area contributed by atoms with Crippen LogP contribution in [0.15, 0.2) is 34.8 Å². The zero-order valence-corrected chi connectivity index (χ0v) is 11.3. The molecule has 2 aromatic rings. The maximum Gasteiger partial charge on any atom is 0.146 e. The average Bonchev–Trinajstić information content (AvgIpc) is 2.30. The summed E-state index contributed by atoms with van der Waals surface area (Å²) in [4.78, 5) is 0. The maximum atomic E-state index is 13.5. The Kier molecular flexibility index (Phi) is 3.73. The van der Waals surface area contributed by atoms with Crippen molar-refractivity contribution in [2.45, 2.75) is 0 Å². The maximum absolute atomic E-state index is 13.5. The highest BCUT2D eigenvalue weighted by molar-refractivity contribution is 9.10. The van der Waals surface area contributed by atoms with Gasteiger partial charge in [0.25, 0.3) is 0 Å². The van der Waals surface area contributed by atoms with Gasteiger partial charge in [-0.05, 0) is 40.2 Å². The van der Waals surface area contributed by atoms with Gasteiger partial charge in [-0.25, -0.2) is 8.78 Å². The number of halogens is 4. The molecule has 0 saturated heterocycles. The van der Waals surface area contributed by atoms with E-state index in [0.29, 0.717) is 10.7 Å². The third-order valence-corrected chi connectivity index (χ3v) is 3.13. The summed E-state index contributed by atoms with van der Waals surface area (Å²) < 4.78 is 27.1. The van der Waals surface area contributed by atoms with E-state index in [1.54, 1.807) is 0 Å². The number of hydrogen-bond donors (Lipinski definition) is 2. The van der Waals surface area contributed by atoms with Gasteiger partial charge in [0, 0.05) is 11.1 Å². The van der Waals surface area contributed by atoms with Gasteiger partial charge < -0.3 is 11.1 Å². The van der Waals surface area contributed by atoms with E-state index in [4.69, 9.17) is 17.3 Å². The SMILES string of the molecule is Nc1cc(Br)c(F)cc1Nc1cc(Cl)ccc1F. The summed E-state index contributed by atoms with van der Waals surface area (Å²) >= 11 is 8.77. The minimum atomic E-state index is -0.498. The molecule has 0 fully saturated rings. The number of anilines is 3. The molecule has 3 N–H and O–H groups in total. The summed E-state index contributed by atoms with van der Waals surface area (Å²) in [5, 5.41) is 3.07. The van der Waals surface area contributed by atoms with Crippen LogP contribution in [-0.2, 0) is 0 Å². The number of rotatable bonds is 2. The van der Waals surface area contributed by atoms with Crippen molar-refractivity contribution in [1.82, 2.24) is 0 Å². The fourth-order valence-corrected chi connectivity index (χ4v) is 1.94. The normalized spacial score (nSPS) is 10.4. The van der Waals surface area contributed by atoms with Crippen LogP contribution < -0.4 is 11.1 Å². The highest BCUT2D eigenvalue weighted by Gasteiger charge is 2.09. The first-order valence-corrected chi connectivity index (χ1v) is 6.11. The number of nitrogens with two attached hydrogens (primary N) is 1. The lowest BCUT2D eigenvalue weighted by molar-refractivity contribution is 0.621. The molecule has 6 heteroatoms. The van der Waals surface area contributed by atoms with Gasteiger partial charge in [0.1, 0.15) is 11.6 Å². The molecule has 0 amide bonds. The Morgan fingerprint density at radius 2 is 1.78 bits per heavy atom. The average molecular weight is 334 g/mol. The zero-order valence-electron chi connectivity index (χ0n) is 8.98. The van der Waals surface area contributed by atoms with E-state index in [-0.39, 0.29) is 15.8 Å². The predicted octanol–water partition coefficient (Wildman–Crippen LogP) is 4.71. The third kappa shape index (κ3) is 2.73. The van der Waals surface area contributed by atoms with Crippen molar-refractivity contribution in [2.24, 2.45) is 0 Å². The lowest BCUT2D eigenvalue weighted by Crippen LogP contribution is -1.99. The lowest BCUT2D eigenvalue weighted by Gasteiger charge is -2.11. The number of benzene rings is 2. The van der Waals surface area contributed by atoms with E-state index in [0.717, 1.165) is 0 Å². The molecule has 0 aliphatic carbocycles. The van der Waals surface area contributed by atoms with Gasteiger partial charge in [0.2, 0.25) is 0 Å². The second-order valence-corrected chi connectivity index (χ2v) is 4.89. The lowest BCUT2D eigenvalue weighted by atomic mass is 10.2. The minimum absolute atomic E-state index is 0.135. The molecular weight excluding hydrogens is 325 g/mol. The summed E-state index contributed by atoms with van der Waals surface area (Å²) in [6.07, 6.45) is 0. The van der Waals surface area contributed by atoms with Gasteiger partial charge in [-0.15, -0.1) is 0 Å². The standard InChI is InChI=1S/C12H8BrClF2N2/c13-7-4-10(17)12(5-9(7)16)18-11-3-6(14)1-2-8(11)15/h1-5,18H,17H2. The van der Waals surface area contributed by atoms with Crippen molar-refractivity contribution in [3.63, 3.8) is 0 Å². The van der Waals surface area contributed by atoms with E-state index < -0.39 is 11.6 Å². The Balaban J connectivity index is 2.40. The van der Waals surface area contributed by atoms with Crippen LogP contribution in [-0.4, -0.2) is 0 Å². The molecule has 94 valence electrons. The van der Waals surface area contributed by atoms with Crippen molar-refractivity contribution in [3.8, 4) is 0 Å². The molecule has 0 atom stereocenters. The molecule has 0 aliphatic rings. The highest BCUT2D eigenvalue weighted by Crippen LogP contribution is 2.30. The second-order valence-electron chi connectivity index (χ2n) is 3.60. The quantitative estimate of drug-likeness (QED) is 0.781. The first-order chi connectivity index (χ1) is 8.47. The molecule has 0 unspecified atom stereocenters. The molecule has 0 saturated carbocycles. The van der Waals surface area contributed by atoms with E-state index in [2.05, 4.69) is 21.2 Å². The molecule has 0 spiro atoms. The molecule has 2 rings (SSSR count). The predicted molar refractivity (Wildman–Crippen MR) is 73.2 cm³/mol. The minimum Gasteiger partial charge on any atom is -0.397 e. The van der Waals surface area contributed by atoms with E-state index in [9.17, 15) is 8.78 Å². The Labute approximate surface area is 116 Å². The third-order valence-electron chi connectivity index (χ3n) is 2.29. The van der Waals surface area contributed by atoms with Gasteiger partial charge in [0.05, 0.1) is 21.5 Å². The molecular formula is C12H8BrClF2N2. The van der Waals surface area contributed by atoms with Gasteiger partial charge in [0.15, 0.2) is 0 Å². The smallest absolute Gasteiger partial charge is 0.146 e. The van der Waals surface area contributed by atoms with Gasteiger partial charge in [-0.3, -0.25) is 0 Å². The molecule has 0 aromatic heterocycles. The first kappa shape index (κ1) is 13.1. The molecule has 0 heterocycles. The first-order valence-electron chi connectivity index (χ1n) is 4.94. The number of nitrogens with one attached hydrogen (secondary N) is 1. The van der Waals surface area contributed by atoms with E-state index in [1.165, 1.54) is 30.3 Å². The van der Waals surface area contributed by atoms with Crippen LogP contribution in [0.25, 0.3) is 0 Å². The van der Waals surface area contributed by atoms with Crippen molar-refractivity contribution < 1.29 is 8.78 Å². The van der Waals surface area contributed by atoms with E-state index in [1.807, 2.05) is 0 Å². The summed E-state index contributed by atoms with van der Waals surface area (Å²) in [7, 11) is 0. The monoisotopic (exact) mass is 332 g/mol. The van der Waals surface area contributed by atoms with Crippen molar-refractivity contribution in [3.05, 3.63) is 51.5 Å². The Morgan fingerprint density at radius 1 is 1.06 bits per heavy atom. The Hall–Kier alpha value is -1.33. The summed E-state index contributed by atoms with van der Waals surface area (Å²) in [5.41, 5.74) is 6.42. The van der Waals surface area contributed by atoms with E-state index >= 15 is 0 Å². The van der Waals surface area contributed by atoms with Crippen LogP contribution in [0, 0.1) is 11.6 Å². The van der Waals surface area contributed by atoms with Gasteiger partial charge in [-0.1, -0.05) is 11.6 Å². The summed E-state index contributed by atoms with van der Waals surface area (Å²) in [6.45, 7) is 0. The molecule has 2 aromatic carbocycles. The molecule has 2 nitrogen and oxygen atoms in total. The summed E-state index contributed by atoms with van der Waals surface area (Å²) in [5.74, 6) is -0.990. The molecule has 0 radical (unpaired) electrons. The summed E-state index contributed by atoms with van der Waals surface area (Å²) in [6, 6.07) is 6.62. The molecule has 0 aliphatic heterocycles. The van der Waals surface area contributed by atoms with Crippen LogP contribution in [0.1, 0.15) is 0 Å². The highest BCUT2D eigenvalue weighted by atomic mass is 79.9. The van der Waals surface area contributed by atoms with Gasteiger partial charge in [-0.2, -0.15) is 0 Å². The number of nitrogen functional groups attached to an aromatic ring is 1. The van der Waals surface area contributed by atoms with Crippen LogP contribution in [0.2, 0.25) is 5.02 Å². The fraction of sp³-hybridized carbons (Fsp3) is 0. The van der Waals surface area contributed by atoms with Crippen molar-refractivity contribution >= 4 is 44.6 Å². The largest absolute Gasteiger partial charge is 0.397 e. The van der Waals surface area contributed by atoms with Crippen LogP contribution in [0.5, 0.6) is 0 Å². The van der Waals surface area contributed by atoms with Crippen LogP contribution >= 0.6 is 27.5 Å². The Bertz CT molecular complexity index is 605. The second kappa shape index (κ2) is 5.12. The topological polar surface area (TPSA) is 38.0 Å². The van der Waals surface area contributed by atoms with Gasteiger partial charge >= 0.3 is 0 Å². The number of hydrogen-bond acceptors (Lipinski definition) is 2. The molecule has 0 bridgehead atoms. The van der Waals surface area contributed by atoms with Crippen molar-refractivity contribution in [2.75, 3.05) is 11.1 Å². The fourth-order valence-electron chi connectivity index (χ4n) is 1.41.